The first-order valence-corrected chi connectivity index (χ1v) is 7.03. The summed E-state index contributed by atoms with van der Waals surface area (Å²) in [5.74, 6) is 0.566. The van der Waals surface area contributed by atoms with Gasteiger partial charge >= 0.3 is 0 Å². The smallest absolute Gasteiger partial charge is 0.0492 e. The topological polar surface area (TPSA) is 29.9 Å². The average Bonchev–Trinajstić information content (AvgIpc) is 2.85. The first-order chi connectivity index (χ1) is 9.31. The van der Waals surface area contributed by atoms with Crippen molar-refractivity contribution in [2.75, 3.05) is 13.1 Å². The van der Waals surface area contributed by atoms with Crippen LogP contribution in [0.25, 0.3) is 0 Å². The molecule has 0 aliphatic heterocycles. The molecule has 0 aliphatic carbocycles. The van der Waals surface area contributed by atoms with Gasteiger partial charge in [-0.1, -0.05) is 37.3 Å². The molecule has 1 atom stereocenters. The van der Waals surface area contributed by atoms with Crippen LogP contribution >= 0.6 is 0 Å². The van der Waals surface area contributed by atoms with Gasteiger partial charge in [0.05, 0.1) is 0 Å². The number of rotatable bonds is 7. The molecule has 1 N–H and O–H groups in total. The molecule has 3 nitrogen and oxygen atoms in total. The zero-order chi connectivity index (χ0) is 13.5. The van der Waals surface area contributed by atoms with Crippen molar-refractivity contribution >= 4 is 0 Å². The molecule has 0 saturated heterocycles. The SMILES string of the molecule is CCNCC(CCc1ccnn1C)c1ccccc1. The Balaban J connectivity index is 2.00. The van der Waals surface area contributed by atoms with Crippen LogP contribution in [-0.4, -0.2) is 22.9 Å². The zero-order valence-corrected chi connectivity index (χ0v) is 11.8. The molecule has 0 saturated carbocycles. The number of aryl methyl sites for hydroxylation is 2. The molecule has 1 unspecified atom stereocenters. The maximum Gasteiger partial charge on any atom is 0.0492 e. The van der Waals surface area contributed by atoms with Gasteiger partial charge in [0.1, 0.15) is 0 Å². The molecule has 2 rings (SSSR count). The highest BCUT2D eigenvalue weighted by molar-refractivity contribution is 5.20. The Labute approximate surface area is 115 Å². The predicted molar refractivity (Wildman–Crippen MR) is 79.3 cm³/mol. The van der Waals surface area contributed by atoms with E-state index < -0.39 is 0 Å². The van der Waals surface area contributed by atoms with E-state index in [4.69, 9.17) is 0 Å². The summed E-state index contributed by atoms with van der Waals surface area (Å²) in [5, 5.41) is 7.70. The Morgan fingerprint density at radius 1 is 1.21 bits per heavy atom. The van der Waals surface area contributed by atoms with Crippen LogP contribution in [0.1, 0.15) is 30.5 Å². The molecule has 0 bridgehead atoms. The van der Waals surface area contributed by atoms with E-state index in [2.05, 4.69) is 53.7 Å². The second-order valence-corrected chi connectivity index (χ2v) is 4.90. The van der Waals surface area contributed by atoms with E-state index in [1.54, 1.807) is 0 Å². The lowest BCUT2D eigenvalue weighted by molar-refractivity contribution is 0.549. The van der Waals surface area contributed by atoms with E-state index in [0.717, 1.165) is 25.9 Å². The Morgan fingerprint density at radius 2 is 2.00 bits per heavy atom. The Kier molecular flexibility index (Phi) is 5.16. The second kappa shape index (κ2) is 7.10. The fraction of sp³-hybridized carbons (Fsp3) is 0.438. The minimum absolute atomic E-state index is 0.566. The molecule has 19 heavy (non-hydrogen) atoms. The molecule has 0 aliphatic rings. The summed E-state index contributed by atoms with van der Waals surface area (Å²) in [6.07, 6.45) is 4.09. The van der Waals surface area contributed by atoms with Gasteiger partial charge in [0.15, 0.2) is 0 Å². The molecule has 102 valence electrons. The van der Waals surface area contributed by atoms with E-state index >= 15 is 0 Å². The van der Waals surface area contributed by atoms with Crippen molar-refractivity contribution in [2.24, 2.45) is 7.05 Å². The molecule has 0 spiro atoms. The van der Waals surface area contributed by atoms with E-state index in [1.165, 1.54) is 11.3 Å². The minimum atomic E-state index is 0.566. The second-order valence-electron chi connectivity index (χ2n) is 4.90. The van der Waals surface area contributed by atoms with Crippen LogP contribution in [0.2, 0.25) is 0 Å². The van der Waals surface area contributed by atoms with E-state index in [1.807, 2.05) is 17.9 Å². The molecule has 1 aromatic heterocycles. The van der Waals surface area contributed by atoms with Gasteiger partial charge in [-0.15, -0.1) is 0 Å². The van der Waals surface area contributed by atoms with Gasteiger partial charge in [-0.2, -0.15) is 5.10 Å². The van der Waals surface area contributed by atoms with Crippen LogP contribution < -0.4 is 5.32 Å². The molecule has 0 fully saturated rings. The number of nitrogens with zero attached hydrogens (tertiary/aromatic N) is 2. The summed E-state index contributed by atoms with van der Waals surface area (Å²) in [4.78, 5) is 0. The van der Waals surface area contributed by atoms with Crippen LogP contribution in [0.5, 0.6) is 0 Å². The molecular formula is C16H23N3. The maximum atomic E-state index is 4.23. The van der Waals surface area contributed by atoms with Crippen LogP contribution in [0.15, 0.2) is 42.6 Å². The third-order valence-electron chi connectivity index (χ3n) is 3.58. The van der Waals surface area contributed by atoms with Crippen molar-refractivity contribution in [2.45, 2.75) is 25.7 Å². The Morgan fingerprint density at radius 3 is 2.63 bits per heavy atom. The number of nitrogens with one attached hydrogen (secondary N) is 1. The van der Waals surface area contributed by atoms with Crippen LogP contribution in [0, 0.1) is 0 Å². The number of likely N-dealkylation sites (N-methyl/N-ethyl adjacent to an activating group) is 1. The van der Waals surface area contributed by atoms with E-state index in [9.17, 15) is 0 Å². The summed E-state index contributed by atoms with van der Waals surface area (Å²) in [6, 6.07) is 12.9. The van der Waals surface area contributed by atoms with Crippen molar-refractivity contribution in [3.63, 3.8) is 0 Å². The minimum Gasteiger partial charge on any atom is -0.316 e. The van der Waals surface area contributed by atoms with Crippen molar-refractivity contribution in [1.82, 2.24) is 15.1 Å². The molecule has 2 aromatic rings. The fourth-order valence-electron chi connectivity index (χ4n) is 2.40. The molecular weight excluding hydrogens is 234 g/mol. The van der Waals surface area contributed by atoms with Gasteiger partial charge in [-0.25, -0.2) is 0 Å². The van der Waals surface area contributed by atoms with Gasteiger partial charge in [0.2, 0.25) is 0 Å². The quantitative estimate of drug-likeness (QED) is 0.826. The Hall–Kier alpha value is -1.61. The molecule has 1 heterocycles. The maximum absolute atomic E-state index is 4.23. The van der Waals surface area contributed by atoms with Crippen molar-refractivity contribution in [3.05, 3.63) is 53.9 Å². The zero-order valence-electron chi connectivity index (χ0n) is 11.8. The summed E-state index contributed by atoms with van der Waals surface area (Å²) >= 11 is 0. The largest absolute Gasteiger partial charge is 0.316 e. The van der Waals surface area contributed by atoms with Crippen LogP contribution in [0.4, 0.5) is 0 Å². The monoisotopic (exact) mass is 257 g/mol. The van der Waals surface area contributed by atoms with Gasteiger partial charge in [-0.05, 0) is 36.9 Å². The fourth-order valence-corrected chi connectivity index (χ4v) is 2.40. The highest BCUT2D eigenvalue weighted by Crippen LogP contribution is 2.20. The lowest BCUT2D eigenvalue weighted by atomic mass is 9.93. The summed E-state index contributed by atoms with van der Waals surface area (Å²) in [7, 11) is 2.01. The molecule has 0 radical (unpaired) electrons. The first kappa shape index (κ1) is 13.8. The van der Waals surface area contributed by atoms with E-state index in [-0.39, 0.29) is 0 Å². The molecule has 3 heteroatoms. The highest BCUT2D eigenvalue weighted by atomic mass is 15.2. The van der Waals surface area contributed by atoms with E-state index in [0.29, 0.717) is 5.92 Å². The summed E-state index contributed by atoms with van der Waals surface area (Å²) < 4.78 is 1.97. The Bertz CT molecular complexity index is 476. The van der Waals surface area contributed by atoms with Crippen molar-refractivity contribution < 1.29 is 0 Å². The summed E-state index contributed by atoms with van der Waals surface area (Å²) in [5.41, 5.74) is 2.73. The van der Waals surface area contributed by atoms with Crippen molar-refractivity contribution in [1.29, 1.82) is 0 Å². The molecule has 1 aromatic carbocycles. The van der Waals surface area contributed by atoms with Crippen LogP contribution in [0.3, 0.4) is 0 Å². The highest BCUT2D eigenvalue weighted by Gasteiger charge is 2.11. The van der Waals surface area contributed by atoms with Gasteiger partial charge < -0.3 is 5.32 Å². The number of benzene rings is 1. The van der Waals surface area contributed by atoms with Gasteiger partial charge in [-0.3, -0.25) is 4.68 Å². The third-order valence-corrected chi connectivity index (χ3v) is 3.58. The van der Waals surface area contributed by atoms with Gasteiger partial charge in [0, 0.05) is 25.5 Å². The lowest BCUT2D eigenvalue weighted by Gasteiger charge is -2.17. The number of aromatic nitrogens is 2. The summed E-state index contributed by atoms with van der Waals surface area (Å²) in [6.45, 7) is 4.22. The standard InChI is InChI=1S/C16H23N3/c1-3-17-13-15(14-7-5-4-6-8-14)9-10-16-11-12-18-19(16)2/h4-8,11-12,15,17H,3,9-10,13H2,1-2H3. The predicted octanol–water partition coefficient (Wildman–Crippen LogP) is 2.75. The number of hydrogen-bond acceptors (Lipinski definition) is 2. The molecule has 0 amide bonds. The van der Waals surface area contributed by atoms with Crippen molar-refractivity contribution in [3.8, 4) is 0 Å². The number of hydrogen-bond donors (Lipinski definition) is 1. The normalized spacial score (nSPS) is 12.5. The third kappa shape index (κ3) is 3.93. The lowest BCUT2D eigenvalue weighted by Crippen LogP contribution is -2.21. The first-order valence-electron chi connectivity index (χ1n) is 7.03. The van der Waals surface area contributed by atoms with Gasteiger partial charge in [0.25, 0.3) is 0 Å². The van der Waals surface area contributed by atoms with Crippen LogP contribution in [-0.2, 0) is 13.5 Å². The average molecular weight is 257 g/mol.